The third-order valence-electron chi connectivity index (χ3n) is 4.02. The lowest BCUT2D eigenvalue weighted by molar-refractivity contribution is -0.147. The maximum absolute atomic E-state index is 10.9. The molecule has 0 spiro atoms. The Labute approximate surface area is 133 Å². The van der Waals surface area contributed by atoms with Gasteiger partial charge in [0.05, 0.1) is 35.9 Å². The van der Waals surface area contributed by atoms with Crippen LogP contribution in [0.4, 0.5) is 0 Å². The van der Waals surface area contributed by atoms with Gasteiger partial charge in [0.2, 0.25) is 0 Å². The van der Waals surface area contributed by atoms with E-state index in [0.717, 1.165) is 17.1 Å². The zero-order chi connectivity index (χ0) is 15.7. The smallest absolute Gasteiger partial charge is 0.306 e. The zero-order valence-corrected chi connectivity index (χ0v) is 13.6. The summed E-state index contributed by atoms with van der Waals surface area (Å²) in [6, 6.07) is 8.11. The van der Waals surface area contributed by atoms with Crippen LogP contribution in [0.3, 0.4) is 0 Å². The van der Waals surface area contributed by atoms with Gasteiger partial charge < -0.3 is 9.84 Å². The van der Waals surface area contributed by atoms with E-state index in [0.29, 0.717) is 13.2 Å². The van der Waals surface area contributed by atoms with Gasteiger partial charge in [-0.25, -0.2) is 4.98 Å². The number of carbonyl (C=O) groups is 1. The Morgan fingerprint density at radius 3 is 3.00 bits per heavy atom. The molecule has 0 saturated carbocycles. The number of thiazole rings is 1. The van der Waals surface area contributed by atoms with Crippen molar-refractivity contribution >= 4 is 27.5 Å². The van der Waals surface area contributed by atoms with Crippen molar-refractivity contribution in [3.63, 3.8) is 0 Å². The van der Waals surface area contributed by atoms with E-state index in [-0.39, 0.29) is 18.1 Å². The van der Waals surface area contributed by atoms with Gasteiger partial charge in [-0.1, -0.05) is 12.1 Å². The number of hydrogen-bond donors (Lipinski definition) is 1. The van der Waals surface area contributed by atoms with E-state index < -0.39 is 5.97 Å². The Hall–Kier alpha value is -1.50. The molecule has 1 aliphatic rings. The molecule has 2 heterocycles. The first-order valence-electron chi connectivity index (χ1n) is 7.37. The fourth-order valence-corrected chi connectivity index (χ4v) is 3.69. The van der Waals surface area contributed by atoms with E-state index in [1.54, 1.807) is 11.3 Å². The number of benzene rings is 1. The number of para-hydroxylation sites is 1. The number of fused-ring (bicyclic) bond motifs is 1. The Balaban J connectivity index is 1.76. The number of ether oxygens (including phenoxy) is 1. The average molecular weight is 320 g/mol. The lowest BCUT2D eigenvalue weighted by atomic mass is 10.00. The highest BCUT2D eigenvalue weighted by atomic mass is 32.1. The van der Waals surface area contributed by atoms with Crippen molar-refractivity contribution in [3.05, 3.63) is 29.3 Å². The number of nitrogens with zero attached hydrogens (tertiary/aromatic N) is 2. The molecule has 0 aliphatic carbocycles. The van der Waals surface area contributed by atoms with Crippen molar-refractivity contribution in [2.24, 2.45) is 0 Å². The molecule has 1 aliphatic heterocycles. The summed E-state index contributed by atoms with van der Waals surface area (Å²) >= 11 is 1.70. The van der Waals surface area contributed by atoms with Crippen LogP contribution in [0.5, 0.6) is 0 Å². The summed E-state index contributed by atoms with van der Waals surface area (Å²) in [6.45, 7) is 6.13. The molecule has 0 radical (unpaired) electrons. The molecule has 5 nitrogen and oxygen atoms in total. The number of aliphatic carboxylic acids is 1. The van der Waals surface area contributed by atoms with Gasteiger partial charge in [-0.05, 0) is 26.0 Å². The Kier molecular flexibility index (Phi) is 4.16. The fourth-order valence-electron chi connectivity index (χ4n) is 2.71. The molecule has 1 atom stereocenters. The molecule has 6 heteroatoms. The van der Waals surface area contributed by atoms with Crippen LogP contribution in [0.2, 0.25) is 0 Å². The van der Waals surface area contributed by atoms with Crippen LogP contribution in [0.15, 0.2) is 24.3 Å². The molecule has 1 saturated heterocycles. The number of morpholine rings is 1. The monoisotopic (exact) mass is 320 g/mol. The Bertz CT molecular complexity index is 650. The van der Waals surface area contributed by atoms with Gasteiger partial charge in [0.25, 0.3) is 0 Å². The summed E-state index contributed by atoms with van der Waals surface area (Å²) in [7, 11) is 0. The molecule has 0 amide bonds. The molecule has 1 aromatic heterocycles. The predicted octanol–water partition coefficient (Wildman–Crippen LogP) is 2.75. The van der Waals surface area contributed by atoms with E-state index in [1.807, 2.05) is 18.2 Å². The van der Waals surface area contributed by atoms with Crippen molar-refractivity contribution in [1.82, 2.24) is 9.88 Å². The lowest BCUT2D eigenvalue weighted by Gasteiger charge is -2.44. The third kappa shape index (κ3) is 3.29. The molecule has 22 heavy (non-hydrogen) atoms. The quantitative estimate of drug-likeness (QED) is 0.938. The number of aromatic nitrogens is 1. The first-order chi connectivity index (χ1) is 10.4. The molecule has 1 aromatic carbocycles. The SMILES string of the molecule is CC1(C)COC(CC(=O)O)CN1Cc1nc2ccccc2s1. The maximum Gasteiger partial charge on any atom is 0.306 e. The summed E-state index contributed by atoms with van der Waals surface area (Å²) in [5.41, 5.74) is 0.906. The van der Waals surface area contributed by atoms with E-state index in [4.69, 9.17) is 9.84 Å². The molecule has 1 unspecified atom stereocenters. The van der Waals surface area contributed by atoms with E-state index >= 15 is 0 Å². The van der Waals surface area contributed by atoms with E-state index in [2.05, 4.69) is 29.8 Å². The maximum atomic E-state index is 10.9. The third-order valence-corrected chi connectivity index (χ3v) is 5.04. The van der Waals surface area contributed by atoms with Gasteiger partial charge in [0.1, 0.15) is 5.01 Å². The highest BCUT2D eigenvalue weighted by molar-refractivity contribution is 7.18. The molecular weight excluding hydrogens is 300 g/mol. The summed E-state index contributed by atoms with van der Waals surface area (Å²) < 4.78 is 6.88. The van der Waals surface area contributed by atoms with Crippen molar-refractivity contribution < 1.29 is 14.6 Å². The van der Waals surface area contributed by atoms with Gasteiger partial charge in [-0.2, -0.15) is 0 Å². The molecule has 2 aromatic rings. The zero-order valence-electron chi connectivity index (χ0n) is 12.8. The second-order valence-corrected chi connectivity index (χ2v) is 7.41. The summed E-state index contributed by atoms with van der Waals surface area (Å²) in [4.78, 5) is 17.9. The molecule has 3 rings (SSSR count). The number of carboxylic acid groups (broad SMARTS) is 1. The van der Waals surface area contributed by atoms with E-state index in [1.165, 1.54) is 4.70 Å². The fraction of sp³-hybridized carbons (Fsp3) is 0.500. The van der Waals surface area contributed by atoms with Crippen LogP contribution < -0.4 is 0 Å². The van der Waals surface area contributed by atoms with Crippen LogP contribution in [0.1, 0.15) is 25.3 Å². The second kappa shape index (κ2) is 5.95. The van der Waals surface area contributed by atoms with E-state index in [9.17, 15) is 4.79 Å². The summed E-state index contributed by atoms with van der Waals surface area (Å²) in [6.07, 6.45) is -0.202. The normalized spacial score (nSPS) is 22.0. The summed E-state index contributed by atoms with van der Waals surface area (Å²) in [5.74, 6) is -0.815. The van der Waals surface area contributed by atoms with Gasteiger partial charge in [-0.3, -0.25) is 9.69 Å². The minimum absolute atomic E-state index is 0.0480. The Morgan fingerprint density at radius 1 is 1.50 bits per heavy atom. The number of hydrogen-bond acceptors (Lipinski definition) is 5. The molecule has 118 valence electrons. The van der Waals surface area contributed by atoms with Crippen molar-refractivity contribution in [2.45, 2.75) is 38.5 Å². The van der Waals surface area contributed by atoms with Gasteiger partial charge in [0.15, 0.2) is 0 Å². The summed E-state index contributed by atoms with van der Waals surface area (Å²) in [5, 5.41) is 10.0. The molecule has 1 fully saturated rings. The standard InChI is InChI=1S/C16H20N2O3S/c1-16(2)10-21-11(7-15(19)20)8-18(16)9-14-17-12-5-3-4-6-13(12)22-14/h3-6,11H,7-10H2,1-2H3,(H,19,20). The second-order valence-electron chi connectivity index (χ2n) is 6.30. The predicted molar refractivity (Wildman–Crippen MR) is 86.1 cm³/mol. The highest BCUT2D eigenvalue weighted by Crippen LogP contribution is 2.28. The van der Waals surface area contributed by atoms with Crippen LogP contribution in [0.25, 0.3) is 10.2 Å². The van der Waals surface area contributed by atoms with Crippen molar-refractivity contribution in [2.75, 3.05) is 13.2 Å². The van der Waals surface area contributed by atoms with Crippen LogP contribution in [0, 0.1) is 0 Å². The Morgan fingerprint density at radius 2 is 2.27 bits per heavy atom. The van der Waals surface area contributed by atoms with Crippen LogP contribution >= 0.6 is 11.3 Å². The lowest BCUT2D eigenvalue weighted by Crippen LogP contribution is -2.55. The van der Waals surface area contributed by atoms with Gasteiger partial charge in [-0.15, -0.1) is 11.3 Å². The van der Waals surface area contributed by atoms with Crippen molar-refractivity contribution in [1.29, 1.82) is 0 Å². The highest BCUT2D eigenvalue weighted by Gasteiger charge is 2.36. The average Bonchev–Trinajstić information content (AvgIpc) is 2.84. The largest absolute Gasteiger partial charge is 0.481 e. The minimum Gasteiger partial charge on any atom is -0.481 e. The molecule has 1 N–H and O–H groups in total. The first kappa shape index (κ1) is 15.4. The first-order valence-corrected chi connectivity index (χ1v) is 8.18. The van der Waals surface area contributed by atoms with Gasteiger partial charge >= 0.3 is 5.97 Å². The molecule has 0 bridgehead atoms. The van der Waals surface area contributed by atoms with Gasteiger partial charge in [0, 0.05) is 12.1 Å². The molecular formula is C16H20N2O3S. The topological polar surface area (TPSA) is 62.7 Å². The van der Waals surface area contributed by atoms with Crippen LogP contribution in [-0.2, 0) is 16.1 Å². The van der Waals surface area contributed by atoms with Crippen molar-refractivity contribution in [3.8, 4) is 0 Å². The minimum atomic E-state index is -0.815. The van der Waals surface area contributed by atoms with Crippen LogP contribution in [-0.4, -0.2) is 45.8 Å². The number of rotatable bonds is 4. The number of carboxylic acids is 1.